The molecule has 0 saturated heterocycles. The minimum Gasteiger partial charge on any atom is -0.546 e. The van der Waals surface area contributed by atoms with Crippen LogP contribution in [0.15, 0.2) is 42.5 Å². The molecule has 7 heteroatoms. The Labute approximate surface area is 158 Å². The minimum absolute atomic E-state index is 0. The van der Waals surface area contributed by atoms with Crippen molar-refractivity contribution >= 4 is 40.8 Å². The molecular formula is C14H8Cl3NaO3. The number of hydrogen-bond donors (Lipinski definition) is 1. The third kappa shape index (κ3) is 3.57. The Morgan fingerprint density at radius 1 is 1.05 bits per heavy atom. The third-order valence-electron chi connectivity index (χ3n) is 2.86. The average molecular weight is 354 g/mol. The summed E-state index contributed by atoms with van der Waals surface area (Å²) in [5.74, 6) is -1.73. The fraction of sp³-hybridized carbons (Fsp3) is 0.0714. The van der Waals surface area contributed by atoms with Gasteiger partial charge in [-0.3, -0.25) is 0 Å². The first kappa shape index (κ1) is 18.8. The van der Waals surface area contributed by atoms with Crippen LogP contribution in [-0.4, -0.2) is 11.1 Å². The Balaban J connectivity index is 0.00000220. The fourth-order valence-corrected chi connectivity index (χ4v) is 3.02. The summed E-state index contributed by atoms with van der Waals surface area (Å²) in [6.45, 7) is 0. The van der Waals surface area contributed by atoms with Gasteiger partial charge in [0.2, 0.25) is 0 Å². The fourth-order valence-electron chi connectivity index (χ4n) is 1.93. The second kappa shape index (κ2) is 7.34. The molecule has 0 bridgehead atoms. The molecule has 0 amide bonds. The molecular weight excluding hydrogens is 346 g/mol. The summed E-state index contributed by atoms with van der Waals surface area (Å²) in [7, 11) is 0. The van der Waals surface area contributed by atoms with Gasteiger partial charge in [0.15, 0.2) is 5.60 Å². The second-order valence-electron chi connectivity index (χ2n) is 4.11. The summed E-state index contributed by atoms with van der Waals surface area (Å²) in [5.41, 5.74) is -2.54. The molecule has 0 spiro atoms. The minimum atomic E-state index is -2.46. The zero-order valence-corrected chi connectivity index (χ0v) is 15.2. The molecule has 0 saturated carbocycles. The topological polar surface area (TPSA) is 60.4 Å². The number of rotatable bonds is 3. The molecule has 0 radical (unpaired) electrons. The van der Waals surface area contributed by atoms with E-state index in [9.17, 15) is 15.0 Å². The smallest absolute Gasteiger partial charge is 0.546 e. The molecule has 1 atom stereocenters. The van der Waals surface area contributed by atoms with Crippen LogP contribution in [0.3, 0.4) is 0 Å². The molecule has 21 heavy (non-hydrogen) atoms. The van der Waals surface area contributed by atoms with Gasteiger partial charge in [0.25, 0.3) is 0 Å². The van der Waals surface area contributed by atoms with Crippen molar-refractivity contribution in [3.05, 3.63) is 68.7 Å². The summed E-state index contributed by atoms with van der Waals surface area (Å²) in [5, 5.41) is 22.2. The van der Waals surface area contributed by atoms with E-state index in [1.165, 1.54) is 24.3 Å². The van der Waals surface area contributed by atoms with Gasteiger partial charge in [-0.05, 0) is 17.7 Å². The van der Waals surface area contributed by atoms with E-state index in [4.69, 9.17) is 34.8 Å². The van der Waals surface area contributed by atoms with E-state index in [0.29, 0.717) is 0 Å². The molecule has 1 unspecified atom stereocenters. The van der Waals surface area contributed by atoms with Gasteiger partial charge in [0.05, 0.1) is 16.0 Å². The molecule has 0 heterocycles. The summed E-state index contributed by atoms with van der Waals surface area (Å²) in [4.78, 5) is 11.5. The summed E-state index contributed by atoms with van der Waals surface area (Å²) in [6, 6.07) is 10.3. The number of carbonyl (C=O) groups is 1. The Morgan fingerprint density at radius 3 is 1.95 bits per heavy atom. The molecule has 1 N–H and O–H groups in total. The van der Waals surface area contributed by atoms with Crippen LogP contribution in [0.1, 0.15) is 11.1 Å². The molecule has 0 aliphatic heterocycles. The second-order valence-corrected chi connectivity index (χ2v) is 5.36. The molecule has 0 aliphatic carbocycles. The maximum atomic E-state index is 11.5. The van der Waals surface area contributed by atoms with Gasteiger partial charge in [-0.2, -0.15) is 0 Å². The third-order valence-corrected chi connectivity index (χ3v) is 3.67. The van der Waals surface area contributed by atoms with Crippen molar-refractivity contribution in [3.8, 4) is 0 Å². The quantitative estimate of drug-likeness (QED) is 0.767. The SMILES string of the molecule is O=C([O-])C(O)(c1ccccc1)c1c(Cl)cc(Cl)cc1Cl.[Na+]. The van der Waals surface area contributed by atoms with Crippen LogP contribution >= 0.6 is 34.8 Å². The van der Waals surface area contributed by atoms with Gasteiger partial charge in [-0.15, -0.1) is 0 Å². The van der Waals surface area contributed by atoms with Gasteiger partial charge < -0.3 is 15.0 Å². The number of halogens is 3. The standard InChI is InChI=1S/C14H9Cl3O3.Na/c15-9-6-10(16)12(11(17)7-9)14(20,13(18)19)8-4-2-1-3-5-8;/h1-7,20H,(H,18,19);/q;+1/p-1. The number of benzene rings is 2. The number of carboxylic acids is 1. The van der Waals surface area contributed by atoms with Gasteiger partial charge in [0.1, 0.15) is 0 Å². The molecule has 104 valence electrons. The van der Waals surface area contributed by atoms with Crippen molar-refractivity contribution in [2.75, 3.05) is 0 Å². The number of carboxylic acid groups (broad SMARTS) is 1. The average Bonchev–Trinajstić information content (AvgIpc) is 2.38. The molecule has 0 aliphatic rings. The Hall–Kier alpha value is -0.260. The maximum absolute atomic E-state index is 11.5. The Bertz CT molecular complexity index is 641. The molecule has 0 fully saturated rings. The van der Waals surface area contributed by atoms with Crippen LogP contribution in [0.5, 0.6) is 0 Å². The van der Waals surface area contributed by atoms with Crippen LogP contribution in [0.4, 0.5) is 0 Å². The van der Waals surface area contributed by atoms with Gasteiger partial charge >= 0.3 is 29.6 Å². The first-order valence-corrected chi connectivity index (χ1v) is 6.65. The van der Waals surface area contributed by atoms with Crippen LogP contribution < -0.4 is 34.7 Å². The number of carbonyl (C=O) groups excluding carboxylic acids is 1. The van der Waals surface area contributed by atoms with E-state index < -0.39 is 11.6 Å². The molecule has 2 rings (SSSR count). The monoisotopic (exact) mass is 352 g/mol. The Kier molecular flexibility index (Phi) is 6.56. The molecule has 3 nitrogen and oxygen atoms in total. The first-order chi connectivity index (χ1) is 9.37. The van der Waals surface area contributed by atoms with Crippen molar-refractivity contribution in [2.45, 2.75) is 5.60 Å². The maximum Gasteiger partial charge on any atom is 1.00 e. The largest absolute Gasteiger partial charge is 1.00 e. The van der Waals surface area contributed by atoms with Crippen molar-refractivity contribution in [1.29, 1.82) is 0 Å². The normalized spacial score (nSPS) is 13.1. The van der Waals surface area contributed by atoms with Crippen molar-refractivity contribution in [3.63, 3.8) is 0 Å². The van der Waals surface area contributed by atoms with Crippen LogP contribution in [0.2, 0.25) is 15.1 Å². The summed E-state index contributed by atoms with van der Waals surface area (Å²) < 4.78 is 0. The van der Waals surface area contributed by atoms with Gasteiger partial charge in [-0.1, -0.05) is 65.1 Å². The van der Waals surface area contributed by atoms with E-state index in [1.807, 2.05) is 0 Å². The first-order valence-electron chi connectivity index (χ1n) is 5.51. The number of aliphatic hydroxyl groups is 1. The predicted molar refractivity (Wildman–Crippen MR) is 75.9 cm³/mol. The van der Waals surface area contributed by atoms with Crippen molar-refractivity contribution in [1.82, 2.24) is 0 Å². The van der Waals surface area contributed by atoms with Crippen molar-refractivity contribution in [2.24, 2.45) is 0 Å². The number of aliphatic carboxylic acids is 1. The van der Waals surface area contributed by atoms with E-state index in [2.05, 4.69) is 0 Å². The summed E-state index contributed by atoms with van der Waals surface area (Å²) in [6.07, 6.45) is 0. The molecule has 2 aromatic carbocycles. The molecule has 0 aromatic heterocycles. The van der Waals surface area contributed by atoms with Gasteiger partial charge in [-0.25, -0.2) is 0 Å². The van der Waals surface area contributed by atoms with Crippen LogP contribution in [-0.2, 0) is 10.4 Å². The van der Waals surface area contributed by atoms with Crippen LogP contribution in [0, 0.1) is 0 Å². The van der Waals surface area contributed by atoms with Crippen molar-refractivity contribution < 1.29 is 44.6 Å². The van der Waals surface area contributed by atoms with E-state index in [1.54, 1.807) is 18.2 Å². The van der Waals surface area contributed by atoms with E-state index >= 15 is 0 Å². The van der Waals surface area contributed by atoms with E-state index in [0.717, 1.165) is 0 Å². The number of hydrogen-bond acceptors (Lipinski definition) is 3. The van der Waals surface area contributed by atoms with Gasteiger partial charge in [0, 0.05) is 10.6 Å². The van der Waals surface area contributed by atoms with Crippen LogP contribution in [0.25, 0.3) is 0 Å². The predicted octanol–water partition coefficient (Wildman–Crippen LogP) is -0.363. The molecule has 2 aromatic rings. The zero-order chi connectivity index (χ0) is 14.9. The van der Waals surface area contributed by atoms with E-state index in [-0.39, 0.29) is 55.8 Å². The Morgan fingerprint density at radius 2 is 1.52 bits per heavy atom. The zero-order valence-electron chi connectivity index (χ0n) is 10.9. The summed E-state index contributed by atoms with van der Waals surface area (Å²) >= 11 is 17.8.